The van der Waals surface area contributed by atoms with Crippen molar-refractivity contribution >= 4 is 23.2 Å². The number of rotatable bonds is 3. The van der Waals surface area contributed by atoms with Gasteiger partial charge in [0.1, 0.15) is 0 Å². The Morgan fingerprint density at radius 3 is 2.59 bits per heavy atom. The van der Waals surface area contributed by atoms with Gasteiger partial charge in [0.15, 0.2) is 0 Å². The van der Waals surface area contributed by atoms with E-state index in [0.717, 1.165) is 25.0 Å². The number of amides is 1. The molecule has 0 atom stereocenters. The maximum atomic E-state index is 12.7. The van der Waals surface area contributed by atoms with Gasteiger partial charge in [-0.3, -0.25) is 4.79 Å². The van der Waals surface area contributed by atoms with Crippen molar-refractivity contribution in [2.75, 3.05) is 25.0 Å². The molecule has 1 amide bonds. The summed E-state index contributed by atoms with van der Waals surface area (Å²) in [5, 5.41) is 2.87. The van der Waals surface area contributed by atoms with E-state index < -0.39 is 11.7 Å². The molecule has 0 spiro atoms. The van der Waals surface area contributed by atoms with E-state index in [1.165, 1.54) is 6.07 Å². The van der Waals surface area contributed by atoms with E-state index in [9.17, 15) is 18.0 Å². The Hall–Kier alpha value is -1.43. The standard InChI is InChI=1S/C15H18ClF3N2O/c1-10-4-6-21(7-5-10)14(22)9-20-13-8-11(15(17,18)19)2-3-12(13)16/h2-3,8,10,20H,4-7,9H2,1H3. The summed E-state index contributed by atoms with van der Waals surface area (Å²) in [5.41, 5.74) is -0.672. The average Bonchev–Trinajstić information content (AvgIpc) is 2.45. The van der Waals surface area contributed by atoms with Crippen molar-refractivity contribution in [1.82, 2.24) is 4.90 Å². The van der Waals surface area contributed by atoms with Gasteiger partial charge >= 0.3 is 6.18 Å². The molecule has 1 aliphatic heterocycles. The van der Waals surface area contributed by atoms with Gasteiger partial charge < -0.3 is 10.2 Å². The number of carbonyl (C=O) groups excluding carboxylic acids is 1. The highest BCUT2D eigenvalue weighted by atomic mass is 35.5. The van der Waals surface area contributed by atoms with Crippen molar-refractivity contribution in [3.63, 3.8) is 0 Å². The van der Waals surface area contributed by atoms with Crippen molar-refractivity contribution in [3.05, 3.63) is 28.8 Å². The Balaban J connectivity index is 1.97. The Morgan fingerprint density at radius 1 is 1.36 bits per heavy atom. The van der Waals surface area contributed by atoms with Gasteiger partial charge in [-0.2, -0.15) is 13.2 Å². The number of anilines is 1. The number of likely N-dealkylation sites (tertiary alicyclic amines) is 1. The molecule has 3 nitrogen and oxygen atoms in total. The first kappa shape index (κ1) is 16.9. The third-order valence-electron chi connectivity index (χ3n) is 3.86. The van der Waals surface area contributed by atoms with Crippen LogP contribution in [0.1, 0.15) is 25.3 Å². The Bertz CT molecular complexity index is 540. The van der Waals surface area contributed by atoms with Gasteiger partial charge in [-0.1, -0.05) is 18.5 Å². The van der Waals surface area contributed by atoms with E-state index in [0.29, 0.717) is 19.0 Å². The van der Waals surface area contributed by atoms with E-state index in [1.807, 2.05) is 0 Å². The molecule has 22 heavy (non-hydrogen) atoms. The minimum Gasteiger partial charge on any atom is -0.375 e. The third kappa shape index (κ3) is 4.29. The second-order valence-corrected chi connectivity index (χ2v) is 6.02. The highest BCUT2D eigenvalue weighted by Gasteiger charge is 2.31. The van der Waals surface area contributed by atoms with E-state index in [2.05, 4.69) is 12.2 Å². The molecule has 1 aromatic carbocycles. The topological polar surface area (TPSA) is 32.3 Å². The van der Waals surface area contributed by atoms with Crippen LogP contribution in [0.2, 0.25) is 5.02 Å². The van der Waals surface area contributed by atoms with Gasteiger partial charge in [-0.15, -0.1) is 0 Å². The lowest BCUT2D eigenvalue weighted by Gasteiger charge is -2.30. The molecule has 122 valence electrons. The highest BCUT2D eigenvalue weighted by molar-refractivity contribution is 6.33. The fraction of sp³-hybridized carbons (Fsp3) is 0.533. The summed E-state index contributed by atoms with van der Waals surface area (Å²) in [6.07, 6.45) is -2.53. The highest BCUT2D eigenvalue weighted by Crippen LogP contribution is 2.33. The maximum absolute atomic E-state index is 12.7. The molecule has 0 saturated carbocycles. The summed E-state index contributed by atoms with van der Waals surface area (Å²) in [4.78, 5) is 13.8. The van der Waals surface area contributed by atoms with Gasteiger partial charge in [0.05, 0.1) is 22.8 Å². The Kier molecular flexibility index (Phi) is 5.21. The molecule has 1 aliphatic rings. The van der Waals surface area contributed by atoms with Crippen LogP contribution in [0.4, 0.5) is 18.9 Å². The summed E-state index contributed by atoms with van der Waals surface area (Å²) >= 11 is 5.88. The third-order valence-corrected chi connectivity index (χ3v) is 4.19. The van der Waals surface area contributed by atoms with Crippen LogP contribution in [0.15, 0.2) is 18.2 Å². The minimum absolute atomic E-state index is 0.0601. The van der Waals surface area contributed by atoms with Crippen molar-refractivity contribution in [3.8, 4) is 0 Å². The van der Waals surface area contributed by atoms with Crippen LogP contribution in [-0.4, -0.2) is 30.4 Å². The predicted molar refractivity (Wildman–Crippen MR) is 79.9 cm³/mol. The number of halogens is 4. The van der Waals surface area contributed by atoms with E-state index in [4.69, 9.17) is 11.6 Å². The molecule has 0 bridgehead atoms. The van der Waals surface area contributed by atoms with E-state index >= 15 is 0 Å². The van der Waals surface area contributed by atoms with Crippen LogP contribution in [-0.2, 0) is 11.0 Å². The van der Waals surface area contributed by atoms with Crippen LogP contribution in [0.25, 0.3) is 0 Å². The van der Waals surface area contributed by atoms with Gasteiger partial charge in [-0.25, -0.2) is 0 Å². The second-order valence-electron chi connectivity index (χ2n) is 5.61. The molecule has 1 saturated heterocycles. The number of benzene rings is 1. The molecular weight excluding hydrogens is 317 g/mol. The van der Waals surface area contributed by atoms with Gasteiger partial charge in [0.25, 0.3) is 0 Å². The first-order valence-corrected chi connectivity index (χ1v) is 7.53. The van der Waals surface area contributed by atoms with Crippen LogP contribution >= 0.6 is 11.6 Å². The van der Waals surface area contributed by atoms with E-state index in [1.54, 1.807) is 4.90 Å². The quantitative estimate of drug-likeness (QED) is 0.905. The molecular formula is C15H18ClF3N2O. The van der Waals surface area contributed by atoms with Crippen LogP contribution in [0, 0.1) is 5.92 Å². The van der Waals surface area contributed by atoms with Gasteiger partial charge in [0, 0.05) is 13.1 Å². The molecule has 2 rings (SSSR count). The summed E-state index contributed by atoms with van der Waals surface area (Å²) in [7, 11) is 0. The average molecular weight is 335 g/mol. The molecule has 0 unspecified atom stereocenters. The molecule has 1 N–H and O–H groups in total. The number of nitrogens with zero attached hydrogens (tertiary/aromatic N) is 1. The summed E-state index contributed by atoms with van der Waals surface area (Å²) in [6, 6.07) is 3.02. The number of hydrogen-bond donors (Lipinski definition) is 1. The summed E-state index contributed by atoms with van der Waals surface area (Å²) < 4.78 is 38.0. The van der Waals surface area contributed by atoms with Crippen molar-refractivity contribution in [2.45, 2.75) is 25.9 Å². The van der Waals surface area contributed by atoms with Gasteiger partial charge in [0.2, 0.25) is 5.91 Å². The Labute approximate surface area is 132 Å². The van der Waals surface area contributed by atoms with Crippen LogP contribution in [0.5, 0.6) is 0 Å². The normalized spacial score (nSPS) is 16.7. The Morgan fingerprint density at radius 2 is 2.00 bits per heavy atom. The largest absolute Gasteiger partial charge is 0.416 e. The smallest absolute Gasteiger partial charge is 0.375 e. The molecule has 7 heteroatoms. The zero-order valence-electron chi connectivity index (χ0n) is 12.2. The lowest BCUT2D eigenvalue weighted by molar-refractivity contribution is -0.137. The number of piperidine rings is 1. The fourth-order valence-corrected chi connectivity index (χ4v) is 2.56. The predicted octanol–water partition coefficient (Wildman–Crippen LogP) is 4.03. The van der Waals surface area contributed by atoms with Crippen LogP contribution in [0.3, 0.4) is 0 Å². The monoisotopic (exact) mass is 334 g/mol. The van der Waals surface area contributed by atoms with E-state index in [-0.39, 0.29) is 23.2 Å². The summed E-state index contributed by atoms with van der Waals surface area (Å²) in [6.45, 7) is 3.47. The zero-order chi connectivity index (χ0) is 16.3. The zero-order valence-corrected chi connectivity index (χ0v) is 13.0. The molecule has 0 aromatic heterocycles. The number of alkyl halides is 3. The molecule has 1 heterocycles. The van der Waals surface area contributed by atoms with Crippen molar-refractivity contribution < 1.29 is 18.0 Å². The lowest BCUT2D eigenvalue weighted by Crippen LogP contribution is -2.40. The molecule has 0 aliphatic carbocycles. The van der Waals surface area contributed by atoms with Crippen molar-refractivity contribution in [2.24, 2.45) is 5.92 Å². The first-order chi connectivity index (χ1) is 10.3. The molecule has 0 radical (unpaired) electrons. The van der Waals surface area contributed by atoms with Gasteiger partial charge in [-0.05, 0) is 37.0 Å². The number of nitrogens with one attached hydrogen (secondary N) is 1. The second kappa shape index (κ2) is 6.77. The summed E-state index contributed by atoms with van der Waals surface area (Å²) in [5.74, 6) is 0.482. The SMILES string of the molecule is CC1CCN(C(=O)CNc2cc(C(F)(F)F)ccc2Cl)CC1. The minimum atomic E-state index is -4.44. The maximum Gasteiger partial charge on any atom is 0.416 e. The first-order valence-electron chi connectivity index (χ1n) is 7.16. The van der Waals surface area contributed by atoms with Crippen LogP contribution < -0.4 is 5.32 Å². The lowest BCUT2D eigenvalue weighted by atomic mass is 9.99. The molecule has 1 fully saturated rings. The number of carbonyl (C=O) groups is 1. The molecule has 1 aromatic rings. The van der Waals surface area contributed by atoms with Crippen molar-refractivity contribution in [1.29, 1.82) is 0 Å². The number of hydrogen-bond acceptors (Lipinski definition) is 2. The fourth-order valence-electron chi connectivity index (χ4n) is 2.38.